The van der Waals surface area contributed by atoms with Crippen molar-refractivity contribution in [2.45, 2.75) is 19.6 Å². The zero-order valence-electron chi connectivity index (χ0n) is 15.5. The van der Waals surface area contributed by atoms with Crippen LogP contribution in [0.1, 0.15) is 24.1 Å². The first-order chi connectivity index (χ1) is 13.7. The van der Waals surface area contributed by atoms with Gasteiger partial charge in [-0.1, -0.05) is 47.6 Å². The van der Waals surface area contributed by atoms with E-state index in [1.807, 2.05) is 54.6 Å². The van der Waals surface area contributed by atoms with Crippen LogP contribution in [0.3, 0.4) is 0 Å². The highest BCUT2D eigenvalue weighted by Gasteiger charge is 2.34. The number of fused-ring (bicyclic) bond motifs is 1. The zero-order chi connectivity index (χ0) is 19.5. The largest absolute Gasteiger partial charge is 0.489 e. The number of esters is 1. The van der Waals surface area contributed by atoms with E-state index in [4.69, 9.17) is 9.47 Å². The summed E-state index contributed by atoms with van der Waals surface area (Å²) in [6.07, 6.45) is 0. The number of nitrogens with one attached hydrogen (secondary N) is 1. The highest BCUT2D eigenvalue weighted by molar-refractivity contribution is 5.92. The Bertz CT molecular complexity index is 1030. The monoisotopic (exact) mass is 377 g/mol. The number of carbonyl (C=O) groups is 1. The van der Waals surface area contributed by atoms with Crippen LogP contribution in [-0.2, 0) is 16.1 Å². The average molecular weight is 377 g/mol. The number of methoxy groups -OCH3 is 1. The van der Waals surface area contributed by atoms with Crippen molar-refractivity contribution in [3.8, 4) is 5.75 Å². The number of benzene rings is 2. The molecular weight excluding hydrogens is 358 g/mol. The van der Waals surface area contributed by atoms with Crippen molar-refractivity contribution in [3.63, 3.8) is 0 Å². The van der Waals surface area contributed by atoms with E-state index in [1.165, 1.54) is 7.11 Å². The van der Waals surface area contributed by atoms with E-state index in [2.05, 4.69) is 20.8 Å². The summed E-state index contributed by atoms with van der Waals surface area (Å²) in [7, 11) is 1.36. The molecule has 1 atom stereocenters. The van der Waals surface area contributed by atoms with Crippen LogP contribution in [-0.4, -0.2) is 33.3 Å². The van der Waals surface area contributed by atoms with E-state index in [0.717, 1.165) is 11.1 Å². The minimum Gasteiger partial charge on any atom is -0.489 e. The number of nitrogens with zero attached hydrogens (tertiary/aromatic N) is 4. The van der Waals surface area contributed by atoms with Crippen molar-refractivity contribution < 1.29 is 14.3 Å². The average Bonchev–Trinajstić information content (AvgIpc) is 3.19. The number of rotatable bonds is 5. The van der Waals surface area contributed by atoms with E-state index >= 15 is 0 Å². The number of allylic oxidation sites excluding steroid dienone is 1. The molecule has 0 saturated heterocycles. The number of tetrazole rings is 1. The molecule has 1 unspecified atom stereocenters. The normalized spacial score (nSPS) is 15.6. The Balaban J connectivity index is 1.68. The molecular formula is C20H19N5O3. The van der Waals surface area contributed by atoms with Gasteiger partial charge in [-0.15, -0.1) is 0 Å². The summed E-state index contributed by atoms with van der Waals surface area (Å²) in [4.78, 5) is 12.5. The highest BCUT2D eigenvalue weighted by atomic mass is 16.5. The van der Waals surface area contributed by atoms with Gasteiger partial charge in [-0.2, -0.15) is 4.68 Å². The molecule has 1 N–H and O–H groups in total. The lowest BCUT2D eigenvalue weighted by Crippen LogP contribution is -2.29. The summed E-state index contributed by atoms with van der Waals surface area (Å²) in [6.45, 7) is 2.25. The molecule has 0 aliphatic carbocycles. The first kappa shape index (κ1) is 17.7. The van der Waals surface area contributed by atoms with E-state index < -0.39 is 12.0 Å². The molecule has 0 bridgehead atoms. The molecule has 2 aromatic carbocycles. The number of carbonyl (C=O) groups excluding carboxylic acids is 1. The van der Waals surface area contributed by atoms with Gasteiger partial charge in [0, 0.05) is 5.70 Å². The summed E-state index contributed by atoms with van der Waals surface area (Å²) in [5.74, 6) is 0.717. The van der Waals surface area contributed by atoms with Crippen LogP contribution in [0.2, 0.25) is 0 Å². The van der Waals surface area contributed by atoms with Crippen molar-refractivity contribution in [1.82, 2.24) is 20.2 Å². The Hall–Kier alpha value is -3.68. The fourth-order valence-electron chi connectivity index (χ4n) is 3.21. The van der Waals surface area contributed by atoms with Crippen LogP contribution in [0.25, 0.3) is 0 Å². The molecule has 8 nitrogen and oxygen atoms in total. The van der Waals surface area contributed by atoms with Gasteiger partial charge in [-0.25, -0.2) is 4.79 Å². The van der Waals surface area contributed by atoms with Crippen molar-refractivity contribution >= 4 is 11.9 Å². The number of aromatic nitrogens is 4. The Morgan fingerprint density at radius 3 is 2.79 bits per heavy atom. The van der Waals surface area contributed by atoms with Crippen LogP contribution in [0, 0.1) is 0 Å². The minimum atomic E-state index is -0.515. The molecule has 0 radical (unpaired) electrons. The molecule has 1 aliphatic rings. The Morgan fingerprint density at radius 1 is 1.18 bits per heavy atom. The third-order valence-corrected chi connectivity index (χ3v) is 4.54. The van der Waals surface area contributed by atoms with Crippen LogP contribution < -0.4 is 10.1 Å². The predicted octanol–water partition coefficient (Wildman–Crippen LogP) is 2.71. The third-order valence-electron chi connectivity index (χ3n) is 4.54. The SMILES string of the molecule is COC(=O)C1=C(C)Nc2nnnn2C1c1cccc(OCc2ccccc2)c1. The second kappa shape index (κ2) is 7.51. The molecule has 8 heteroatoms. The van der Waals surface area contributed by atoms with Gasteiger partial charge in [0.2, 0.25) is 5.95 Å². The lowest BCUT2D eigenvalue weighted by molar-refractivity contribution is -0.136. The van der Waals surface area contributed by atoms with Gasteiger partial charge in [-0.3, -0.25) is 0 Å². The number of ether oxygens (including phenoxy) is 2. The topological polar surface area (TPSA) is 91.2 Å². The van der Waals surface area contributed by atoms with Crippen LogP contribution in [0.4, 0.5) is 5.95 Å². The lowest BCUT2D eigenvalue weighted by atomic mass is 9.95. The highest BCUT2D eigenvalue weighted by Crippen LogP contribution is 2.35. The van der Waals surface area contributed by atoms with Gasteiger partial charge in [0.15, 0.2) is 0 Å². The fraction of sp³-hybridized carbons (Fsp3) is 0.200. The molecule has 0 amide bonds. The molecule has 142 valence electrons. The van der Waals surface area contributed by atoms with Crippen molar-refractivity contribution in [1.29, 1.82) is 0 Å². The maximum Gasteiger partial charge on any atom is 0.338 e. The maximum atomic E-state index is 12.5. The minimum absolute atomic E-state index is 0.438. The predicted molar refractivity (Wildman–Crippen MR) is 102 cm³/mol. The van der Waals surface area contributed by atoms with Crippen molar-refractivity contribution in [3.05, 3.63) is 77.0 Å². The van der Waals surface area contributed by atoms with E-state index in [9.17, 15) is 4.79 Å². The molecule has 0 spiro atoms. The number of hydrogen-bond acceptors (Lipinski definition) is 7. The fourth-order valence-corrected chi connectivity index (χ4v) is 3.21. The Labute approximate surface area is 161 Å². The van der Waals surface area contributed by atoms with Crippen molar-refractivity contribution in [2.75, 3.05) is 12.4 Å². The molecule has 1 aliphatic heterocycles. The Morgan fingerprint density at radius 2 is 2.00 bits per heavy atom. The molecule has 0 fully saturated rings. The summed E-state index contributed by atoms with van der Waals surface area (Å²) in [5, 5.41) is 14.8. The molecule has 28 heavy (non-hydrogen) atoms. The van der Waals surface area contributed by atoms with Gasteiger partial charge in [0.05, 0.1) is 12.7 Å². The molecule has 0 saturated carbocycles. The zero-order valence-corrected chi connectivity index (χ0v) is 15.5. The van der Waals surface area contributed by atoms with Gasteiger partial charge < -0.3 is 14.8 Å². The van der Waals surface area contributed by atoms with Crippen LogP contribution >= 0.6 is 0 Å². The number of hydrogen-bond donors (Lipinski definition) is 1. The number of anilines is 1. The standard InChI is InChI=1S/C20H19N5O3/c1-13-17(19(26)27-2)18(25-20(21-13)22-23-24-25)15-9-6-10-16(11-15)28-12-14-7-4-3-5-8-14/h3-11,18H,12H2,1-2H3,(H,21,22,24). The van der Waals surface area contributed by atoms with E-state index in [1.54, 1.807) is 11.6 Å². The van der Waals surface area contributed by atoms with E-state index in [-0.39, 0.29) is 0 Å². The summed E-state index contributed by atoms with van der Waals surface area (Å²) in [6, 6.07) is 17.0. The first-order valence-electron chi connectivity index (χ1n) is 8.78. The van der Waals surface area contributed by atoms with Crippen LogP contribution in [0.5, 0.6) is 5.75 Å². The molecule has 2 heterocycles. The quantitative estimate of drug-likeness (QED) is 0.684. The summed E-state index contributed by atoms with van der Waals surface area (Å²) >= 11 is 0. The first-order valence-corrected chi connectivity index (χ1v) is 8.78. The molecule has 1 aromatic heterocycles. The molecule has 3 aromatic rings. The van der Waals surface area contributed by atoms with Gasteiger partial charge in [0.1, 0.15) is 18.4 Å². The Kier molecular flexibility index (Phi) is 4.76. The van der Waals surface area contributed by atoms with Gasteiger partial charge in [0.25, 0.3) is 0 Å². The second-order valence-electron chi connectivity index (χ2n) is 6.35. The summed E-state index contributed by atoms with van der Waals surface area (Å²) in [5.41, 5.74) is 2.99. The second-order valence-corrected chi connectivity index (χ2v) is 6.35. The third kappa shape index (κ3) is 3.32. The molecule has 4 rings (SSSR count). The van der Waals surface area contributed by atoms with E-state index in [0.29, 0.717) is 29.6 Å². The smallest absolute Gasteiger partial charge is 0.338 e. The lowest BCUT2D eigenvalue weighted by Gasteiger charge is -2.27. The summed E-state index contributed by atoms with van der Waals surface area (Å²) < 4.78 is 12.5. The van der Waals surface area contributed by atoms with Gasteiger partial charge in [-0.05, 0) is 40.6 Å². The van der Waals surface area contributed by atoms with Crippen LogP contribution in [0.15, 0.2) is 65.9 Å². The maximum absolute atomic E-state index is 12.5. The van der Waals surface area contributed by atoms with Crippen molar-refractivity contribution in [2.24, 2.45) is 0 Å². The van der Waals surface area contributed by atoms with Gasteiger partial charge >= 0.3 is 5.97 Å².